The molecule has 14 heavy (non-hydrogen) atoms. The Morgan fingerprint density at radius 2 is 1.86 bits per heavy atom. The highest BCUT2D eigenvalue weighted by Gasteiger charge is 2.37. The Hall–Kier alpha value is -1.11. The van der Waals surface area contributed by atoms with Crippen molar-refractivity contribution in [3.63, 3.8) is 0 Å². The van der Waals surface area contributed by atoms with Gasteiger partial charge in [-0.15, -0.1) is 0 Å². The van der Waals surface area contributed by atoms with Gasteiger partial charge in [-0.25, -0.2) is 9.69 Å². The van der Waals surface area contributed by atoms with Crippen molar-refractivity contribution < 1.29 is 9.59 Å². The summed E-state index contributed by atoms with van der Waals surface area (Å²) in [6, 6.07) is 8.51. The number of para-hydroxylation sites is 1. The molecule has 1 saturated heterocycles. The zero-order chi connectivity index (χ0) is 10.1. The quantitative estimate of drug-likeness (QED) is 0.370. The van der Waals surface area contributed by atoms with Gasteiger partial charge in [0.2, 0.25) is 0 Å². The minimum absolute atomic E-state index is 0.221. The first-order valence-corrected chi connectivity index (χ1v) is 5.28. The molecule has 0 spiro atoms. The fourth-order valence-corrected chi connectivity index (χ4v) is 1.81. The molecule has 1 aromatic rings. The van der Waals surface area contributed by atoms with Gasteiger partial charge in [-0.05, 0) is 34.7 Å². The normalized spacial score (nSPS) is 21.2. The zero-order valence-corrected chi connectivity index (χ0v) is 9.26. The van der Waals surface area contributed by atoms with E-state index in [9.17, 15) is 9.59 Å². The third-order valence-electron chi connectivity index (χ3n) is 1.90. The van der Waals surface area contributed by atoms with Crippen LogP contribution in [0, 0.1) is 0 Å². The molecule has 72 valence electrons. The molecule has 1 aliphatic heterocycles. The van der Waals surface area contributed by atoms with Crippen LogP contribution in [0.3, 0.4) is 0 Å². The van der Waals surface area contributed by atoms with E-state index in [4.69, 9.17) is 0 Å². The minimum Gasteiger partial charge on any atom is -0.317 e. The average Bonchev–Trinajstić information content (AvgIpc) is 2.43. The zero-order valence-electron chi connectivity index (χ0n) is 7.11. The maximum Gasteiger partial charge on any atom is 0.330 e. The SMILES string of the molecule is O=C1NC(I)C(=O)N1c1ccccc1. The lowest BCUT2D eigenvalue weighted by Gasteiger charge is -2.11. The van der Waals surface area contributed by atoms with E-state index in [-0.39, 0.29) is 11.9 Å². The number of rotatable bonds is 1. The molecule has 4 nitrogen and oxygen atoms in total. The van der Waals surface area contributed by atoms with Crippen LogP contribution in [0.1, 0.15) is 0 Å². The van der Waals surface area contributed by atoms with Crippen LogP contribution in [-0.4, -0.2) is 16.0 Å². The van der Waals surface area contributed by atoms with Crippen molar-refractivity contribution in [3.8, 4) is 0 Å². The summed E-state index contributed by atoms with van der Waals surface area (Å²) < 4.78 is -0.458. The highest BCUT2D eigenvalue weighted by molar-refractivity contribution is 14.1. The van der Waals surface area contributed by atoms with E-state index in [0.29, 0.717) is 5.69 Å². The summed E-state index contributed by atoms with van der Waals surface area (Å²) in [6.45, 7) is 0. The molecule has 0 saturated carbocycles. The molecular formula is C9H7IN2O2. The number of hydrogen-bond acceptors (Lipinski definition) is 2. The lowest BCUT2D eigenvalue weighted by atomic mass is 10.3. The van der Waals surface area contributed by atoms with Crippen LogP contribution in [0.5, 0.6) is 0 Å². The van der Waals surface area contributed by atoms with Gasteiger partial charge in [0.1, 0.15) is 0 Å². The molecule has 1 unspecified atom stereocenters. The van der Waals surface area contributed by atoms with E-state index in [2.05, 4.69) is 5.32 Å². The lowest BCUT2D eigenvalue weighted by molar-refractivity contribution is -0.116. The highest BCUT2D eigenvalue weighted by atomic mass is 127. The summed E-state index contributed by atoms with van der Waals surface area (Å²) in [5, 5.41) is 2.54. The van der Waals surface area contributed by atoms with Crippen molar-refractivity contribution in [2.45, 2.75) is 4.05 Å². The van der Waals surface area contributed by atoms with Gasteiger partial charge < -0.3 is 5.32 Å². The monoisotopic (exact) mass is 302 g/mol. The van der Waals surface area contributed by atoms with Crippen LogP contribution in [0.25, 0.3) is 0 Å². The maximum atomic E-state index is 11.6. The molecule has 2 rings (SSSR count). The summed E-state index contributed by atoms with van der Waals surface area (Å²) in [5.74, 6) is -0.221. The molecule has 0 radical (unpaired) electrons. The third kappa shape index (κ3) is 1.47. The molecule has 1 N–H and O–H groups in total. The lowest BCUT2D eigenvalue weighted by Crippen LogP contribution is -2.30. The van der Waals surface area contributed by atoms with Crippen molar-refractivity contribution in [1.82, 2.24) is 5.32 Å². The molecule has 0 aromatic heterocycles. The molecule has 1 aromatic carbocycles. The predicted octanol–water partition coefficient (Wildman–Crippen LogP) is 1.50. The summed E-state index contributed by atoms with van der Waals surface area (Å²) in [5.41, 5.74) is 0.606. The Kier molecular flexibility index (Phi) is 2.40. The average molecular weight is 302 g/mol. The summed E-state index contributed by atoms with van der Waals surface area (Å²) in [4.78, 5) is 24.1. The molecule has 0 bridgehead atoms. The number of halogens is 1. The van der Waals surface area contributed by atoms with E-state index >= 15 is 0 Å². The number of nitrogens with zero attached hydrogens (tertiary/aromatic N) is 1. The number of anilines is 1. The first-order valence-electron chi connectivity index (χ1n) is 4.04. The van der Waals surface area contributed by atoms with Crippen molar-refractivity contribution in [1.29, 1.82) is 0 Å². The molecule has 3 amide bonds. The number of nitrogens with one attached hydrogen (secondary N) is 1. The van der Waals surface area contributed by atoms with Crippen molar-refractivity contribution in [3.05, 3.63) is 30.3 Å². The number of alkyl halides is 1. The molecule has 1 fully saturated rings. The topological polar surface area (TPSA) is 49.4 Å². The van der Waals surface area contributed by atoms with Gasteiger partial charge in [0, 0.05) is 0 Å². The number of urea groups is 1. The van der Waals surface area contributed by atoms with Crippen molar-refractivity contribution in [2.24, 2.45) is 0 Å². The standard InChI is InChI=1S/C9H7IN2O2/c10-7-8(13)12(9(14)11-7)6-4-2-1-3-5-6/h1-5,7H,(H,11,14). The van der Waals surface area contributed by atoms with Crippen LogP contribution >= 0.6 is 22.6 Å². The van der Waals surface area contributed by atoms with E-state index < -0.39 is 4.05 Å². The number of imide groups is 1. The van der Waals surface area contributed by atoms with Crippen LogP contribution in [-0.2, 0) is 4.79 Å². The molecule has 1 heterocycles. The van der Waals surface area contributed by atoms with E-state index in [0.717, 1.165) is 4.90 Å². The Labute approximate surface area is 94.4 Å². The van der Waals surface area contributed by atoms with Gasteiger partial charge in [-0.2, -0.15) is 0 Å². The summed E-state index contributed by atoms with van der Waals surface area (Å²) in [6.07, 6.45) is 0. The number of amides is 3. The minimum atomic E-state index is -0.458. The van der Waals surface area contributed by atoms with Gasteiger partial charge in [-0.1, -0.05) is 18.2 Å². The number of hydrogen-bond donors (Lipinski definition) is 1. The van der Waals surface area contributed by atoms with Crippen molar-refractivity contribution in [2.75, 3.05) is 4.90 Å². The molecule has 5 heteroatoms. The Morgan fingerprint density at radius 1 is 1.21 bits per heavy atom. The molecular weight excluding hydrogens is 295 g/mol. The third-order valence-corrected chi connectivity index (χ3v) is 2.75. The molecule has 1 aliphatic rings. The Balaban J connectivity index is 2.36. The second-order valence-electron chi connectivity index (χ2n) is 2.82. The maximum absolute atomic E-state index is 11.6. The van der Waals surface area contributed by atoms with Gasteiger partial charge >= 0.3 is 6.03 Å². The van der Waals surface area contributed by atoms with E-state index in [1.165, 1.54) is 0 Å². The Bertz CT molecular complexity index is 380. The van der Waals surface area contributed by atoms with Crippen LogP contribution in [0.15, 0.2) is 30.3 Å². The smallest absolute Gasteiger partial charge is 0.317 e. The van der Waals surface area contributed by atoms with Crippen molar-refractivity contribution >= 4 is 40.2 Å². The number of carbonyl (C=O) groups is 2. The van der Waals surface area contributed by atoms with Gasteiger partial charge in [-0.3, -0.25) is 4.79 Å². The van der Waals surface area contributed by atoms with Gasteiger partial charge in [0.05, 0.1) is 5.69 Å². The summed E-state index contributed by atoms with van der Waals surface area (Å²) >= 11 is 1.89. The number of benzene rings is 1. The fraction of sp³-hybridized carbons (Fsp3) is 0.111. The largest absolute Gasteiger partial charge is 0.330 e. The summed E-state index contributed by atoms with van der Waals surface area (Å²) in [7, 11) is 0. The highest BCUT2D eigenvalue weighted by Crippen LogP contribution is 2.20. The van der Waals surface area contributed by atoms with E-state index in [1.54, 1.807) is 24.3 Å². The van der Waals surface area contributed by atoms with Crippen LogP contribution < -0.4 is 10.2 Å². The van der Waals surface area contributed by atoms with Crippen LogP contribution in [0.4, 0.5) is 10.5 Å². The van der Waals surface area contributed by atoms with Crippen LogP contribution in [0.2, 0.25) is 0 Å². The first-order chi connectivity index (χ1) is 6.70. The van der Waals surface area contributed by atoms with E-state index in [1.807, 2.05) is 28.7 Å². The van der Waals surface area contributed by atoms with Gasteiger partial charge in [0.25, 0.3) is 5.91 Å². The predicted molar refractivity (Wildman–Crippen MR) is 60.3 cm³/mol. The second-order valence-corrected chi connectivity index (χ2v) is 4.07. The van der Waals surface area contributed by atoms with Gasteiger partial charge in [0.15, 0.2) is 4.05 Å². The fourth-order valence-electron chi connectivity index (χ4n) is 1.27. The second kappa shape index (κ2) is 3.56. The number of carbonyl (C=O) groups excluding carboxylic acids is 2. The Morgan fingerprint density at radius 3 is 2.36 bits per heavy atom. The molecule has 0 aliphatic carbocycles. The first kappa shape index (κ1) is 9.45. The molecule has 1 atom stereocenters.